The van der Waals surface area contributed by atoms with Crippen molar-refractivity contribution < 1.29 is 9.72 Å². The Morgan fingerprint density at radius 2 is 2.28 bits per heavy atom. The highest BCUT2D eigenvalue weighted by molar-refractivity contribution is 6.30. The summed E-state index contributed by atoms with van der Waals surface area (Å²) in [6, 6.07) is 4.51. The van der Waals surface area contributed by atoms with Gasteiger partial charge in [0, 0.05) is 24.2 Å². The fourth-order valence-electron chi connectivity index (χ4n) is 2.12. The molecule has 1 unspecified atom stereocenters. The van der Waals surface area contributed by atoms with Crippen molar-refractivity contribution >= 4 is 28.9 Å². The standard InChI is InChI=1S/C11H12ClN3O3/c12-8-1-2-9(10(5-8)15(17)18)14-4-3-7(6-14)11(13)16/h1-2,5,7H,3-4,6H2,(H2,13,16). The van der Waals surface area contributed by atoms with Gasteiger partial charge in [0.2, 0.25) is 5.91 Å². The number of nitrogens with zero attached hydrogens (tertiary/aromatic N) is 2. The maximum Gasteiger partial charge on any atom is 0.294 e. The van der Waals surface area contributed by atoms with E-state index in [-0.39, 0.29) is 17.5 Å². The number of amides is 1. The summed E-state index contributed by atoms with van der Waals surface area (Å²) in [7, 11) is 0. The summed E-state index contributed by atoms with van der Waals surface area (Å²) in [5.41, 5.74) is 5.67. The second-order valence-corrected chi connectivity index (χ2v) is 4.66. The predicted molar refractivity (Wildman–Crippen MR) is 67.6 cm³/mol. The van der Waals surface area contributed by atoms with Crippen molar-refractivity contribution in [2.75, 3.05) is 18.0 Å². The third-order valence-electron chi connectivity index (χ3n) is 3.07. The van der Waals surface area contributed by atoms with Crippen LogP contribution in [-0.2, 0) is 4.79 Å². The smallest absolute Gasteiger partial charge is 0.294 e. The number of halogens is 1. The lowest BCUT2D eigenvalue weighted by atomic mass is 10.1. The minimum absolute atomic E-state index is 0.0485. The first kappa shape index (κ1) is 12.6. The van der Waals surface area contributed by atoms with E-state index in [9.17, 15) is 14.9 Å². The lowest BCUT2D eigenvalue weighted by molar-refractivity contribution is -0.384. The summed E-state index contributed by atoms with van der Waals surface area (Å²) < 4.78 is 0. The molecule has 0 aromatic heterocycles. The van der Waals surface area contributed by atoms with E-state index in [1.165, 1.54) is 6.07 Å². The van der Waals surface area contributed by atoms with Gasteiger partial charge in [-0.3, -0.25) is 14.9 Å². The van der Waals surface area contributed by atoms with Gasteiger partial charge in [0.05, 0.1) is 10.8 Å². The van der Waals surface area contributed by atoms with Gasteiger partial charge >= 0.3 is 0 Å². The van der Waals surface area contributed by atoms with Crippen molar-refractivity contribution in [3.63, 3.8) is 0 Å². The minimum atomic E-state index is -0.473. The molecule has 1 aliphatic rings. The molecule has 1 heterocycles. The molecule has 0 aliphatic carbocycles. The Hall–Kier alpha value is -1.82. The molecule has 96 valence electrons. The second kappa shape index (κ2) is 4.81. The summed E-state index contributed by atoms with van der Waals surface area (Å²) in [6.07, 6.45) is 0.620. The monoisotopic (exact) mass is 269 g/mol. The van der Waals surface area contributed by atoms with Gasteiger partial charge in [-0.2, -0.15) is 0 Å². The average Bonchev–Trinajstić information content (AvgIpc) is 2.78. The van der Waals surface area contributed by atoms with Crippen molar-refractivity contribution in [2.45, 2.75) is 6.42 Å². The molecule has 0 bridgehead atoms. The van der Waals surface area contributed by atoms with Gasteiger partial charge in [0.15, 0.2) is 0 Å². The highest BCUT2D eigenvalue weighted by atomic mass is 35.5. The summed E-state index contributed by atoms with van der Waals surface area (Å²) in [5, 5.41) is 11.3. The predicted octanol–water partition coefficient (Wildman–Crippen LogP) is 1.56. The lowest BCUT2D eigenvalue weighted by Gasteiger charge is -2.18. The Kier molecular flexibility index (Phi) is 3.38. The molecular formula is C11H12ClN3O3. The number of primary amides is 1. The number of carbonyl (C=O) groups excluding carboxylic acids is 1. The van der Waals surface area contributed by atoms with Crippen LogP contribution in [0, 0.1) is 16.0 Å². The van der Waals surface area contributed by atoms with E-state index < -0.39 is 4.92 Å². The number of nitro groups is 1. The van der Waals surface area contributed by atoms with Crippen LogP contribution in [-0.4, -0.2) is 23.9 Å². The van der Waals surface area contributed by atoms with Crippen molar-refractivity contribution in [3.8, 4) is 0 Å². The molecule has 1 aliphatic heterocycles. The second-order valence-electron chi connectivity index (χ2n) is 4.22. The third-order valence-corrected chi connectivity index (χ3v) is 3.30. The molecule has 1 aromatic rings. The zero-order valence-electron chi connectivity index (χ0n) is 9.51. The molecule has 0 saturated carbocycles. The number of nitrogens with two attached hydrogens (primary N) is 1. The Balaban J connectivity index is 2.29. The highest BCUT2D eigenvalue weighted by Crippen LogP contribution is 2.34. The van der Waals surface area contributed by atoms with E-state index in [0.717, 1.165) is 0 Å². The lowest BCUT2D eigenvalue weighted by Crippen LogP contribution is -2.27. The van der Waals surface area contributed by atoms with Crippen molar-refractivity contribution in [1.29, 1.82) is 0 Å². The number of benzene rings is 1. The van der Waals surface area contributed by atoms with Crippen LogP contribution in [0.1, 0.15) is 6.42 Å². The quantitative estimate of drug-likeness (QED) is 0.666. The Labute approximate surface area is 108 Å². The number of rotatable bonds is 3. The van der Waals surface area contributed by atoms with Gasteiger partial charge < -0.3 is 10.6 Å². The maximum atomic E-state index is 11.1. The number of nitro benzene ring substituents is 1. The SMILES string of the molecule is NC(=O)C1CCN(c2ccc(Cl)cc2[N+](=O)[O-])C1. The first-order valence-corrected chi connectivity index (χ1v) is 5.85. The molecule has 2 N–H and O–H groups in total. The van der Waals surface area contributed by atoms with Crippen LogP contribution in [0.2, 0.25) is 5.02 Å². The molecule has 1 aromatic carbocycles. The van der Waals surface area contributed by atoms with Crippen LogP contribution in [0.15, 0.2) is 18.2 Å². The number of hydrogen-bond acceptors (Lipinski definition) is 4. The molecule has 1 amide bonds. The first-order chi connectivity index (χ1) is 8.49. The van der Waals surface area contributed by atoms with Gasteiger partial charge in [-0.1, -0.05) is 11.6 Å². The van der Waals surface area contributed by atoms with Gasteiger partial charge in [-0.25, -0.2) is 0 Å². The van der Waals surface area contributed by atoms with E-state index >= 15 is 0 Å². The van der Waals surface area contributed by atoms with E-state index in [1.54, 1.807) is 17.0 Å². The van der Waals surface area contributed by atoms with Gasteiger partial charge in [0.25, 0.3) is 5.69 Å². The van der Waals surface area contributed by atoms with Crippen LogP contribution in [0.4, 0.5) is 11.4 Å². The van der Waals surface area contributed by atoms with Gasteiger partial charge in [-0.05, 0) is 18.6 Å². The number of anilines is 1. The van der Waals surface area contributed by atoms with Crippen LogP contribution in [0.5, 0.6) is 0 Å². The highest BCUT2D eigenvalue weighted by Gasteiger charge is 2.30. The van der Waals surface area contributed by atoms with Crippen molar-refractivity contribution in [2.24, 2.45) is 11.7 Å². The molecule has 7 heteroatoms. The van der Waals surface area contributed by atoms with Gasteiger partial charge in [0.1, 0.15) is 5.69 Å². The summed E-state index contributed by atoms with van der Waals surface area (Å²) >= 11 is 5.75. The molecule has 1 fully saturated rings. The van der Waals surface area contributed by atoms with Crippen LogP contribution < -0.4 is 10.6 Å². The fourth-order valence-corrected chi connectivity index (χ4v) is 2.29. The average molecular weight is 270 g/mol. The summed E-state index contributed by atoms with van der Waals surface area (Å²) in [4.78, 5) is 23.4. The fraction of sp³-hybridized carbons (Fsp3) is 0.364. The topological polar surface area (TPSA) is 89.5 Å². The zero-order chi connectivity index (χ0) is 13.3. The minimum Gasteiger partial charge on any atom is -0.369 e. The largest absolute Gasteiger partial charge is 0.369 e. The van der Waals surface area contributed by atoms with Crippen LogP contribution in [0.25, 0.3) is 0 Å². The first-order valence-electron chi connectivity index (χ1n) is 5.47. The number of hydrogen-bond donors (Lipinski definition) is 1. The molecule has 1 atom stereocenters. The molecule has 18 heavy (non-hydrogen) atoms. The molecule has 2 rings (SSSR count). The van der Waals surface area contributed by atoms with E-state index in [2.05, 4.69) is 0 Å². The Morgan fingerprint density at radius 3 is 2.83 bits per heavy atom. The molecule has 1 saturated heterocycles. The molecular weight excluding hydrogens is 258 g/mol. The van der Waals surface area contributed by atoms with Crippen LogP contribution in [0.3, 0.4) is 0 Å². The van der Waals surface area contributed by atoms with E-state index in [0.29, 0.717) is 30.2 Å². The molecule has 0 radical (unpaired) electrons. The molecule has 0 spiro atoms. The zero-order valence-corrected chi connectivity index (χ0v) is 10.3. The van der Waals surface area contributed by atoms with Crippen molar-refractivity contribution in [3.05, 3.63) is 33.3 Å². The Bertz CT molecular complexity index is 506. The molecule has 6 nitrogen and oxygen atoms in total. The normalized spacial score (nSPS) is 18.9. The number of carbonyl (C=O) groups is 1. The van der Waals surface area contributed by atoms with Crippen LogP contribution >= 0.6 is 11.6 Å². The summed E-state index contributed by atoms with van der Waals surface area (Å²) in [6.45, 7) is 0.994. The van der Waals surface area contributed by atoms with Crippen molar-refractivity contribution in [1.82, 2.24) is 0 Å². The Morgan fingerprint density at radius 1 is 1.56 bits per heavy atom. The summed E-state index contributed by atoms with van der Waals surface area (Å²) in [5.74, 6) is -0.616. The van der Waals surface area contributed by atoms with E-state index in [4.69, 9.17) is 17.3 Å². The van der Waals surface area contributed by atoms with E-state index in [1.807, 2.05) is 0 Å². The maximum absolute atomic E-state index is 11.1. The van der Waals surface area contributed by atoms with Gasteiger partial charge in [-0.15, -0.1) is 0 Å². The third kappa shape index (κ3) is 2.38.